The van der Waals surface area contributed by atoms with E-state index in [1.54, 1.807) is 0 Å². The predicted octanol–water partition coefficient (Wildman–Crippen LogP) is -7.13. The van der Waals surface area contributed by atoms with E-state index in [1.807, 2.05) is 0 Å². The van der Waals surface area contributed by atoms with Crippen LogP contribution in [0.1, 0.15) is 12.5 Å². The van der Waals surface area contributed by atoms with Gasteiger partial charge >= 0.3 is 51.4 Å². The number of aliphatic hydroxyl groups is 4. The maximum absolute atomic E-state index is 12.5. The van der Waals surface area contributed by atoms with Crippen molar-refractivity contribution in [3.63, 3.8) is 0 Å². The molecule has 2 saturated heterocycles. The van der Waals surface area contributed by atoms with Crippen LogP contribution < -0.4 is 73.3 Å². The number of nitrogens with one attached hydrogen (secondary N) is 1. The molecule has 6 heterocycles. The molecule has 0 saturated carbocycles. The molecule has 2 aliphatic rings. The van der Waals surface area contributed by atoms with Crippen LogP contribution in [0.3, 0.4) is 0 Å². The molecule has 1 unspecified atom stereocenters. The van der Waals surface area contributed by atoms with Crippen LogP contribution in [0.4, 0.5) is 11.8 Å². The maximum atomic E-state index is 12.5. The topological polar surface area (TPSA) is 317 Å². The summed E-state index contributed by atoms with van der Waals surface area (Å²) in [6.45, 7) is -1.53. The van der Waals surface area contributed by atoms with E-state index < -0.39 is 75.7 Å². The minimum atomic E-state index is -5.09. The Morgan fingerprint density at radius 3 is 2.00 bits per heavy atom. The molecule has 4 aromatic rings. The second-order valence-electron chi connectivity index (χ2n) is 9.49. The summed E-state index contributed by atoms with van der Waals surface area (Å²) in [7, 11) is -5.09. The standard InChI is InChI=1S/C20H25N10O11P.K/c21-14-8-15(24-3-23-14)29(4-25-8)18-12(33)10(31)6(40-18)1-38-42(36,37)39-2-7-11(32)13(34)19(41-7)30-5-26-9-16(30)27-20(22)28-17(9)35;/h3-7,10-13,18-19,31-34H,1-2H2,(H,36,37)(H2,21,23,24)(H3,22,27,28,35);/q;+1/p-1/t6-,7-,10-,11-,12-,13-,18-,19-;/m1./s1. The van der Waals surface area contributed by atoms with Crippen LogP contribution in [0, 0.1) is 0 Å². The first-order valence-corrected chi connectivity index (χ1v) is 13.7. The van der Waals surface area contributed by atoms with E-state index in [-0.39, 0.29) is 85.5 Å². The summed E-state index contributed by atoms with van der Waals surface area (Å²) in [5, 5.41) is 41.9. The SMILES string of the molecule is Nc1nc2c(ncn2[C@@H]2O[C@H](COP(=O)([O-])OC[C@H]3O[C@@H](n4cnc5c(N)ncnc54)[C@H](O)[C@@H]3O)[C@@H](O)[C@H]2O)c(=O)[nH]1.[K+]. The van der Waals surface area contributed by atoms with Crippen molar-refractivity contribution in [1.82, 2.24) is 39.0 Å². The van der Waals surface area contributed by atoms with Crippen molar-refractivity contribution in [2.75, 3.05) is 24.7 Å². The van der Waals surface area contributed by atoms with Crippen molar-refractivity contribution < 1.29 is 99.8 Å². The quantitative estimate of drug-likeness (QED) is 0.0688. The molecule has 9 N–H and O–H groups in total. The van der Waals surface area contributed by atoms with Crippen LogP contribution in [0.2, 0.25) is 0 Å². The van der Waals surface area contributed by atoms with Gasteiger partial charge in [0.1, 0.15) is 48.5 Å². The van der Waals surface area contributed by atoms with Crippen molar-refractivity contribution in [3.05, 3.63) is 29.3 Å². The molecule has 9 atom stereocenters. The van der Waals surface area contributed by atoms with Crippen molar-refractivity contribution >= 4 is 41.9 Å². The number of aromatic nitrogens is 8. The third-order valence-electron chi connectivity index (χ3n) is 6.85. The number of nitrogens with zero attached hydrogens (tertiary/aromatic N) is 7. The van der Waals surface area contributed by atoms with E-state index in [0.717, 1.165) is 10.9 Å². The van der Waals surface area contributed by atoms with E-state index in [2.05, 4.69) is 29.9 Å². The second-order valence-corrected chi connectivity index (χ2v) is 10.9. The fourth-order valence-electron chi connectivity index (χ4n) is 4.75. The minimum absolute atomic E-state index is 0. The molecule has 43 heavy (non-hydrogen) atoms. The zero-order valence-corrected chi connectivity index (χ0v) is 26.2. The first-order chi connectivity index (χ1) is 19.9. The fourth-order valence-corrected chi connectivity index (χ4v) is 5.48. The van der Waals surface area contributed by atoms with Gasteiger partial charge in [-0.3, -0.25) is 23.5 Å². The number of nitrogens with two attached hydrogens (primary N) is 2. The summed E-state index contributed by atoms with van der Waals surface area (Å²) in [5.41, 5.74) is 11.0. The van der Waals surface area contributed by atoms with Gasteiger partial charge in [-0.1, -0.05) is 0 Å². The summed E-state index contributed by atoms with van der Waals surface area (Å²) >= 11 is 0. The van der Waals surface area contributed by atoms with Gasteiger partial charge in [0.2, 0.25) is 5.95 Å². The normalized spacial score (nSPS) is 30.5. The molecule has 2 fully saturated rings. The molecule has 0 bridgehead atoms. The third-order valence-corrected chi connectivity index (χ3v) is 7.78. The zero-order chi connectivity index (χ0) is 29.9. The van der Waals surface area contributed by atoms with Gasteiger partial charge in [-0.25, -0.2) is 19.9 Å². The Balaban J connectivity index is 0.00000368. The number of hydrogen-bond donors (Lipinski definition) is 7. The number of anilines is 2. The van der Waals surface area contributed by atoms with Gasteiger partial charge in [0.15, 0.2) is 35.1 Å². The van der Waals surface area contributed by atoms with E-state index in [0.29, 0.717) is 0 Å². The monoisotopic (exact) mass is 650 g/mol. The van der Waals surface area contributed by atoms with Crippen molar-refractivity contribution in [3.8, 4) is 0 Å². The number of aromatic amines is 1. The Kier molecular flexibility index (Phi) is 9.36. The van der Waals surface area contributed by atoms with Crippen LogP contribution in [-0.4, -0.2) is 109 Å². The fraction of sp³-hybridized carbons (Fsp3) is 0.500. The molecular formula is C20H24KN10O11P. The molecule has 0 aliphatic carbocycles. The summed E-state index contributed by atoms with van der Waals surface area (Å²) < 4.78 is 35.8. The molecule has 6 rings (SSSR count). The molecule has 0 radical (unpaired) electrons. The van der Waals surface area contributed by atoms with Gasteiger partial charge in [-0.05, 0) is 0 Å². The van der Waals surface area contributed by atoms with Crippen LogP contribution in [-0.2, 0) is 23.1 Å². The summed E-state index contributed by atoms with van der Waals surface area (Å²) in [6, 6.07) is 0. The van der Waals surface area contributed by atoms with Crippen LogP contribution in [0.15, 0.2) is 23.8 Å². The molecule has 23 heteroatoms. The molecule has 4 aromatic heterocycles. The van der Waals surface area contributed by atoms with Gasteiger partial charge < -0.3 is 55.3 Å². The van der Waals surface area contributed by atoms with Crippen LogP contribution >= 0.6 is 7.82 Å². The second kappa shape index (κ2) is 12.4. The molecule has 0 amide bonds. The van der Waals surface area contributed by atoms with Crippen molar-refractivity contribution in [1.29, 1.82) is 0 Å². The Morgan fingerprint density at radius 1 is 0.884 bits per heavy atom. The average Bonchev–Trinajstić information content (AvgIpc) is 3.69. The molecular weight excluding hydrogens is 626 g/mol. The number of phosphoric acid groups is 1. The number of ether oxygens (including phenoxy) is 2. The molecule has 226 valence electrons. The van der Waals surface area contributed by atoms with E-state index in [9.17, 15) is 34.7 Å². The van der Waals surface area contributed by atoms with Gasteiger partial charge in [-0.15, -0.1) is 0 Å². The molecule has 0 spiro atoms. The summed E-state index contributed by atoms with van der Waals surface area (Å²) in [5.74, 6) is -0.139. The predicted molar refractivity (Wildman–Crippen MR) is 134 cm³/mol. The first-order valence-electron chi connectivity index (χ1n) is 12.2. The number of imidazole rings is 2. The van der Waals surface area contributed by atoms with E-state index >= 15 is 0 Å². The number of fused-ring (bicyclic) bond motifs is 2. The average molecular weight is 651 g/mol. The number of rotatable bonds is 8. The number of H-pyrrole nitrogens is 1. The molecule has 21 nitrogen and oxygen atoms in total. The maximum Gasteiger partial charge on any atom is 1.00 e. The van der Waals surface area contributed by atoms with E-state index in [1.165, 1.54) is 17.2 Å². The van der Waals surface area contributed by atoms with Crippen molar-refractivity contribution in [2.45, 2.75) is 49.1 Å². The van der Waals surface area contributed by atoms with Gasteiger partial charge in [0.25, 0.3) is 13.4 Å². The van der Waals surface area contributed by atoms with Gasteiger partial charge in [-0.2, -0.15) is 4.98 Å². The smallest absolute Gasteiger partial charge is 0.756 e. The third kappa shape index (κ3) is 6.02. The molecule has 2 aliphatic heterocycles. The summed E-state index contributed by atoms with van der Waals surface area (Å²) in [6.07, 6.45) is -7.92. The number of hydrogen-bond acceptors (Lipinski definition) is 18. The van der Waals surface area contributed by atoms with E-state index in [4.69, 9.17) is 30.0 Å². The Hall–Kier alpha value is -1.99. The van der Waals surface area contributed by atoms with Crippen LogP contribution in [0.25, 0.3) is 22.3 Å². The minimum Gasteiger partial charge on any atom is -0.756 e. The van der Waals surface area contributed by atoms with Gasteiger partial charge in [0, 0.05) is 0 Å². The Labute approximate surface area is 281 Å². The first kappa shape index (κ1) is 32.4. The zero-order valence-electron chi connectivity index (χ0n) is 22.1. The van der Waals surface area contributed by atoms with Crippen molar-refractivity contribution in [2.24, 2.45) is 0 Å². The largest absolute Gasteiger partial charge is 1.00 e. The summed E-state index contributed by atoms with van der Waals surface area (Å²) in [4.78, 5) is 46.6. The molecule has 0 aromatic carbocycles. The Morgan fingerprint density at radius 2 is 1.42 bits per heavy atom. The number of aliphatic hydroxyl groups excluding tert-OH is 4. The Bertz CT molecular complexity index is 1740. The number of nitrogen functional groups attached to an aromatic ring is 2. The van der Waals surface area contributed by atoms with Gasteiger partial charge in [0.05, 0.1) is 25.9 Å². The number of phosphoric ester groups is 1. The van der Waals surface area contributed by atoms with Crippen LogP contribution in [0.5, 0.6) is 0 Å².